The van der Waals surface area contributed by atoms with Crippen LogP contribution in [-0.2, 0) is 17.6 Å². The molecule has 1 aromatic carbocycles. The Morgan fingerprint density at radius 3 is 2.84 bits per heavy atom. The number of hydrogen-bond donors (Lipinski definition) is 0. The molecule has 1 aliphatic carbocycles. The van der Waals surface area contributed by atoms with Crippen LogP contribution in [0.4, 0.5) is 0 Å². The Hall–Kier alpha value is -1.43. The number of hydrogen-bond acceptors (Lipinski definition) is 5. The van der Waals surface area contributed by atoms with Crippen LogP contribution in [0.3, 0.4) is 0 Å². The molecule has 4 rings (SSSR count). The number of aromatic nitrogens is 2. The second-order valence-corrected chi connectivity index (χ2v) is 8.71. The third-order valence-corrected chi connectivity index (χ3v) is 6.76. The summed E-state index contributed by atoms with van der Waals surface area (Å²) in [6.45, 7) is 2.93. The number of fused-ring (bicyclic) bond motifs is 2. The van der Waals surface area contributed by atoms with Crippen molar-refractivity contribution in [1.29, 1.82) is 0 Å². The fraction of sp³-hybridized carbons (Fsp3) is 0.400. The molecule has 2 aromatic heterocycles. The molecular weight excluding hydrogens is 348 g/mol. The van der Waals surface area contributed by atoms with E-state index in [1.807, 2.05) is 0 Å². The first-order valence-corrected chi connectivity index (χ1v) is 10.6. The number of rotatable bonds is 5. The number of aryl methyl sites for hydroxylation is 3. The van der Waals surface area contributed by atoms with E-state index in [-0.39, 0.29) is 0 Å². The van der Waals surface area contributed by atoms with Crippen LogP contribution in [0.25, 0.3) is 21.3 Å². The number of thioether (sulfide) groups is 1. The van der Waals surface area contributed by atoms with E-state index >= 15 is 0 Å². The summed E-state index contributed by atoms with van der Waals surface area (Å²) in [4.78, 5) is 11.5. The Labute approximate surface area is 156 Å². The van der Waals surface area contributed by atoms with Gasteiger partial charge in [-0.2, -0.15) is 0 Å². The maximum Gasteiger partial charge on any atom is 0.128 e. The van der Waals surface area contributed by atoms with Gasteiger partial charge in [0, 0.05) is 23.3 Å². The van der Waals surface area contributed by atoms with Crippen LogP contribution in [-0.4, -0.2) is 29.4 Å². The summed E-state index contributed by atoms with van der Waals surface area (Å²) < 4.78 is 5.20. The van der Waals surface area contributed by atoms with Crippen molar-refractivity contribution in [2.24, 2.45) is 0 Å². The summed E-state index contributed by atoms with van der Waals surface area (Å²) in [5, 5.41) is 2.28. The molecule has 25 heavy (non-hydrogen) atoms. The zero-order chi connectivity index (χ0) is 17.2. The molecule has 0 bridgehead atoms. The lowest BCUT2D eigenvalue weighted by Crippen LogP contribution is -2.02. The van der Waals surface area contributed by atoms with Gasteiger partial charge in [-0.25, -0.2) is 9.97 Å². The first-order valence-electron chi connectivity index (χ1n) is 8.76. The lowest BCUT2D eigenvalue weighted by atomic mass is 9.89. The SMILES string of the molecule is COCCSc1ncnc2sc(C)c(-c3ccc4c(c3)CCCC4)c12. The Bertz CT molecular complexity index is 904. The van der Waals surface area contributed by atoms with E-state index in [1.54, 1.807) is 36.5 Å². The lowest BCUT2D eigenvalue weighted by molar-refractivity contribution is 0.218. The van der Waals surface area contributed by atoms with Gasteiger partial charge in [0.15, 0.2) is 0 Å². The molecule has 1 aliphatic rings. The highest BCUT2D eigenvalue weighted by atomic mass is 32.2. The topological polar surface area (TPSA) is 35.0 Å². The normalized spacial score (nSPS) is 14.0. The molecule has 0 fully saturated rings. The fourth-order valence-electron chi connectivity index (χ4n) is 3.59. The Kier molecular flexibility index (Phi) is 5.06. The van der Waals surface area contributed by atoms with Crippen molar-refractivity contribution in [3.8, 4) is 11.1 Å². The van der Waals surface area contributed by atoms with Crippen LogP contribution in [0, 0.1) is 6.92 Å². The monoisotopic (exact) mass is 370 g/mol. The second-order valence-electron chi connectivity index (χ2n) is 6.42. The first-order chi connectivity index (χ1) is 12.3. The minimum Gasteiger partial charge on any atom is -0.384 e. The predicted molar refractivity (Wildman–Crippen MR) is 107 cm³/mol. The van der Waals surface area contributed by atoms with Crippen LogP contribution >= 0.6 is 23.1 Å². The van der Waals surface area contributed by atoms with Gasteiger partial charge in [-0.05, 0) is 49.3 Å². The summed E-state index contributed by atoms with van der Waals surface area (Å²) in [5.74, 6) is 0.904. The largest absolute Gasteiger partial charge is 0.384 e. The van der Waals surface area contributed by atoms with Crippen molar-refractivity contribution in [2.45, 2.75) is 37.6 Å². The molecule has 0 N–H and O–H groups in total. The number of thiophene rings is 1. The predicted octanol–water partition coefficient (Wildman–Crippen LogP) is 5.28. The maximum atomic E-state index is 5.20. The summed E-state index contributed by atoms with van der Waals surface area (Å²) >= 11 is 3.52. The highest BCUT2D eigenvalue weighted by molar-refractivity contribution is 7.99. The van der Waals surface area contributed by atoms with E-state index in [0.29, 0.717) is 0 Å². The number of methoxy groups -OCH3 is 1. The summed E-state index contributed by atoms with van der Waals surface area (Å²) in [6.07, 6.45) is 6.74. The number of benzene rings is 1. The molecule has 0 unspecified atom stereocenters. The molecule has 0 radical (unpaired) electrons. The van der Waals surface area contributed by atoms with Gasteiger partial charge in [-0.1, -0.05) is 18.2 Å². The molecule has 2 heterocycles. The van der Waals surface area contributed by atoms with Crippen LogP contribution in [0.15, 0.2) is 29.6 Å². The van der Waals surface area contributed by atoms with E-state index in [9.17, 15) is 0 Å². The Morgan fingerprint density at radius 1 is 1.16 bits per heavy atom. The first kappa shape index (κ1) is 17.0. The minimum atomic E-state index is 0.730. The average Bonchev–Trinajstić information content (AvgIpc) is 2.98. The van der Waals surface area contributed by atoms with Gasteiger partial charge in [-0.3, -0.25) is 0 Å². The van der Waals surface area contributed by atoms with Crippen molar-refractivity contribution in [3.05, 3.63) is 40.5 Å². The number of ether oxygens (including phenoxy) is 1. The van der Waals surface area contributed by atoms with Crippen molar-refractivity contribution in [3.63, 3.8) is 0 Å². The summed E-state index contributed by atoms with van der Waals surface area (Å²) in [7, 11) is 1.74. The van der Waals surface area contributed by atoms with Gasteiger partial charge in [0.1, 0.15) is 16.2 Å². The molecule has 0 amide bonds. The molecule has 130 valence electrons. The van der Waals surface area contributed by atoms with E-state index in [0.717, 1.165) is 22.2 Å². The third-order valence-electron chi connectivity index (χ3n) is 4.79. The molecular formula is C20H22N2OS2. The van der Waals surface area contributed by atoms with Crippen LogP contribution in [0.2, 0.25) is 0 Å². The van der Waals surface area contributed by atoms with E-state index in [2.05, 4.69) is 35.1 Å². The van der Waals surface area contributed by atoms with Gasteiger partial charge in [0.25, 0.3) is 0 Å². The van der Waals surface area contributed by atoms with Crippen LogP contribution in [0.5, 0.6) is 0 Å². The van der Waals surface area contributed by atoms with Crippen molar-refractivity contribution in [1.82, 2.24) is 9.97 Å². The molecule has 0 spiro atoms. The van der Waals surface area contributed by atoms with Crippen LogP contribution in [0.1, 0.15) is 28.8 Å². The molecule has 0 atom stereocenters. The van der Waals surface area contributed by atoms with Crippen molar-refractivity contribution < 1.29 is 4.74 Å². The average molecular weight is 371 g/mol. The molecule has 0 saturated carbocycles. The quantitative estimate of drug-likeness (QED) is 0.347. The standard InChI is InChI=1S/C20H22N2OS2/c1-13-17(16-8-7-14-5-3-4-6-15(14)11-16)18-19(24-10-9-23-2)21-12-22-20(18)25-13/h7-8,11-12H,3-6,9-10H2,1-2H3. The van der Waals surface area contributed by atoms with Gasteiger partial charge < -0.3 is 4.74 Å². The number of nitrogens with zero attached hydrogens (tertiary/aromatic N) is 2. The molecule has 3 nitrogen and oxygen atoms in total. The Balaban J connectivity index is 1.82. The van der Waals surface area contributed by atoms with E-state index in [4.69, 9.17) is 4.74 Å². The van der Waals surface area contributed by atoms with Gasteiger partial charge in [-0.15, -0.1) is 23.1 Å². The van der Waals surface area contributed by atoms with Crippen LogP contribution < -0.4 is 0 Å². The van der Waals surface area contributed by atoms with Crippen molar-refractivity contribution in [2.75, 3.05) is 19.5 Å². The highest BCUT2D eigenvalue weighted by Gasteiger charge is 2.18. The smallest absolute Gasteiger partial charge is 0.128 e. The second kappa shape index (κ2) is 7.44. The minimum absolute atomic E-state index is 0.730. The maximum absolute atomic E-state index is 5.20. The lowest BCUT2D eigenvalue weighted by Gasteiger charge is -2.17. The summed E-state index contributed by atoms with van der Waals surface area (Å²) in [6, 6.07) is 7.02. The Morgan fingerprint density at radius 2 is 2.00 bits per heavy atom. The van der Waals surface area contributed by atoms with Gasteiger partial charge in [0.05, 0.1) is 12.0 Å². The molecule has 3 aromatic rings. The zero-order valence-corrected chi connectivity index (χ0v) is 16.3. The van der Waals surface area contributed by atoms with E-state index < -0.39 is 0 Å². The zero-order valence-electron chi connectivity index (χ0n) is 14.7. The van der Waals surface area contributed by atoms with Crippen molar-refractivity contribution >= 4 is 33.3 Å². The molecule has 0 aliphatic heterocycles. The third kappa shape index (κ3) is 3.33. The van der Waals surface area contributed by atoms with Gasteiger partial charge >= 0.3 is 0 Å². The van der Waals surface area contributed by atoms with E-state index in [1.165, 1.54) is 58.2 Å². The molecule has 0 saturated heterocycles. The molecule has 5 heteroatoms. The van der Waals surface area contributed by atoms with Gasteiger partial charge in [0.2, 0.25) is 0 Å². The highest BCUT2D eigenvalue weighted by Crippen LogP contribution is 2.42. The fourth-order valence-corrected chi connectivity index (χ4v) is 5.57. The summed E-state index contributed by atoms with van der Waals surface area (Å²) in [5.41, 5.74) is 5.67.